The number of amides is 1. The summed E-state index contributed by atoms with van der Waals surface area (Å²) in [6, 6.07) is 2.00. The van der Waals surface area contributed by atoms with Gasteiger partial charge in [-0.3, -0.25) is 4.79 Å². The van der Waals surface area contributed by atoms with Crippen LogP contribution in [0.1, 0.15) is 11.8 Å². The summed E-state index contributed by atoms with van der Waals surface area (Å²) in [6.45, 7) is 2.42. The van der Waals surface area contributed by atoms with Crippen molar-refractivity contribution in [1.82, 2.24) is 5.32 Å². The van der Waals surface area contributed by atoms with E-state index < -0.39 is 0 Å². The minimum atomic E-state index is -0.0491. The zero-order chi connectivity index (χ0) is 9.68. The van der Waals surface area contributed by atoms with Gasteiger partial charge in [0.05, 0.1) is 6.54 Å². The second-order valence-electron chi connectivity index (χ2n) is 2.45. The van der Waals surface area contributed by atoms with Crippen molar-refractivity contribution in [3.8, 4) is 0 Å². The minimum Gasteiger partial charge on any atom is -0.348 e. The Balaban J connectivity index is 2.39. The van der Waals surface area contributed by atoms with E-state index in [0.29, 0.717) is 6.54 Å². The molecule has 0 radical (unpaired) electrons. The molecule has 4 heteroatoms. The van der Waals surface area contributed by atoms with Crippen molar-refractivity contribution in [2.45, 2.75) is 13.5 Å². The van der Waals surface area contributed by atoms with E-state index >= 15 is 0 Å². The van der Waals surface area contributed by atoms with Crippen LogP contribution in [0, 0.1) is 0 Å². The zero-order valence-electron chi connectivity index (χ0n) is 7.21. The Labute approximate surface area is 89.8 Å². The number of carbonyl (C=O) groups excluding carboxylic acids is 1. The quantitative estimate of drug-likeness (QED) is 0.832. The van der Waals surface area contributed by atoms with Gasteiger partial charge in [-0.1, -0.05) is 6.08 Å². The summed E-state index contributed by atoms with van der Waals surface area (Å²) < 4.78 is 1.06. The van der Waals surface area contributed by atoms with Crippen LogP contribution in [-0.4, -0.2) is 5.91 Å². The minimum absolute atomic E-state index is 0.0491. The molecule has 0 bridgehead atoms. The highest BCUT2D eigenvalue weighted by Gasteiger charge is 1.98. The van der Waals surface area contributed by atoms with Gasteiger partial charge < -0.3 is 5.32 Å². The molecule has 0 aromatic carbocycles. The van der Waals surface area contributed by atoms with Crippen molar-refractivity contribution in [1.29, 1.82) is 0 Å². The number of carbonyl (C=O) groups is 1. The van der Waals surface area contributed by atoms with Gasteiger partial charge in [0.25, 0.3) is 0 Å². The van der Waals surface area contributed by atoms with Crippen LogP contribution in [0.15, 0.2) is 28.1 Å². The highest BCUT2D eigenvalue weighted by molar-refractivity contribution is 9.10. The average molecular weight is 260 g/mol. The van der Waals surface area contributed by atoms with Crippen molar-refractivity contribution in [3.05, 3.63) is 32.9 Å². The smallest absolute Gasteiger partial charge is 0.243 e. The van der Waals surface area contributed by atoms with E-state index in [-0.39, 0.29) is 5.91 Å². The lowest BCUT2D eigenvalue weighted by atomic mass is 10.4. The summed E-state index contributed by atoms with van der Waals surface area (Å²) in [6.07, 6.45) is 3.24. The maximum atomic E-state index is 11.0. The molecule has 1 amide bonds. The van der Waals surface area contributed by atoms with Gasteiger partial charge in [-0.05, 0) is 35.0 Å². The molecule has 0 saturated carbocycles. The predicted octanol–water partition coefficient (Wildman–Crippen LogP) is 2.70. The van der Waals surface area contributed by atoms with E-state index in [1.165, 1.54) is 6.08 Å². The number of nitrogens with one attached hydrogen (secondary N) is 1. The van der Waals surface area contributed by atoms with Gasteiger partial charge >= 0.3 is 0 Å². The standard InChI is InChI=1S/C9H10BrNOS/c1-2-3-9(12)11-5-8-4-7(10)6-13-8/h2-4,6H,5H2,1H3,(H,11,12). The van der Waals surface area contributed by atoms with Crippen LogP contribution < -0.4 is 5.32 Å². The van der Waals surface area contributed by atoms with Crippen LogP contribution in [-0.2, 0) is 11.3 Å². The Kier molecular flexibility index (Phi) is 4.18. The fourth-order valence-electron chi connectivity index (χ4n) is 0.831. The van der Waals surface area contributed by atoms with Gasteiger partial charge in [0.1, 0.15) is 0 Å². The number of thiophene rings is 1. The Morgan fingerprint density at radius 2 is 2.54 bits per heavy atom. The number of hydrogen-bond donors (Lipinski definition) is 1. The molecule has 1 rings (SSSR count). The third-order valence-corrected chi connectivity index (χ3v) is 3.07. The van der Waals surface area contributed by atoms with Gasteiger partial charge in [0.15, 0.2) is 0 Å². The molecule has 0 aliphatic heterocycles. The van der Waals surface area contributed by atoms with E-state index in [2.05, 4.69) is 21.2 Å². The molecule has 13 heavy (non-hydrogen) atoms. The largest absolute Gasteiger partial charge is 0.348 e. The predicted molar refractivity (Wildman–Crippen MR) is 58.7 cm³/mol. The fourth-order valence-corrected chi connectivity index (χ4v) is 2.22. The Hall–Kier alpha value is -0.610. The van der Waals surface area contributed by atoms with E-state index in [9.17, 15) is 4.79 Å². The highest BCUT2D eigenvalue weighted by atomic mass is 79.9. The first-order valence-electron chi connectivity index (χ1n) is 3.86. The zero-order valence-corrected chi connectivity index (χ0v) is 9.61. The summed E-state index contributed by atoms with van der Waals surface area (Å²) >= 11 is 4.98. The fraction of sp³-hybridized carbons (Fsp3) is 0.222. The lowest BCUT2D eigenvalue weighted by molar-refractivity contribution is -0.116. The molecule has 0 unspecified atom stereocenters. The van der Waals surface area contributed by atoms with Crippen LogP contribution in [0.2, 0.25) is 0 Å². The summed E-state index contributed by atoms with van der Waals surface area (Å²) in [7, 11) is 0. The molecule has 1 N–H and O–H groups in total. The van der Waals surface area contributed by atoms with Crippen molar-refractivity contribution < 1.29 is 4.79 Å². The number of halogens is 1. The Morgan fingerprint density at radius 1 is 1.77 bits per heavy atom. The molecule has 1 aromatic heterocycles. The maximum Gasteiger partial charge on any atom is 0.243 e. The second-order valence-corrected chi connectivity index (χ2v) is 4.36. The van der Waals surface area contributed by atoms with Gasteiger partial charge in [0, 0.05) is 14.7 Å². The van der Waals surface area contributed by atoms with Crippen molar-refractivity contribution in [2.24, 2.45) is 0 Å². The van der Waals surface area contributed by atoms with Crippen molar-refractivity contribution >= 4 is 33.2 Å². The van der Waals surface area contributed by atoms with Crippen LogP contribution in [0.4, 0.5) is 0 Å². The molecular formula is C9H10BrNOS. The summed E-state index contributed by atoms with van der Waals surface area (Å²) in [5.74, 6) is -0.0491. The molecule has 70 valence electrons. The first-order valence-corrected chi connectivity index (χ1v) is 5.53. The molecule has 1 heterocycles. The van der Waals surface area contributed by atoms with Crippen LogP contribution >= 0.6 is 27.3 Å². The summed E-state index contributed by atoms with van der Waals surface area (Å²) in [4.78, 5) is 12.2. The first-order chi connectivity index (χ1) is 6.22. The molecule has 0 aliphatic carbocycles. The second kappa shape index (κ2) is 5.19. The highest BCUT2D eigenvalue weighted by Crippen LogP contribution is 2.19. The van der Waals surface area contributed by atoms with Gasteiger partial charge in [-0.15, -0.1) is 11.3 Å². The average Bonchev–Trinajstić information content (AvgIpc) is 2.49. The number of allylic oxidation sites excluding steroid dienone is 1. The van der Waals surface area contributed by atoms with Gasteiger partial charge in [-0.2, -0.15) is 0 Å². The molecular weight excluding hydrogens is 250 g/mol. The lowest BCUT2D eigenvalue weighted by Gasteiger charge is -1.97. The topological polar surface area (TPSA) is 29.1 Å². The molecule has 0 atom stereocenters. The molecule has 2 nitrogen and oxygen atoms in total. The summed E-state index contributed by atoms with van der Waals surface area (Å²) in [5, 5.41) is 4.77. The molecule has 0 fully saturated rings. The van der Waals surface area contributed by atoms with E-state index in [4.69, 9.17) is 0 Å². The molecule has 0 spiro atoms. The van der Waals surface area contributed by atoms with Crippen LogP contribution in [0.5, 0.6) is 0 Å². The molecule has 1 aromatic rings. The van der Waals surface area contributed by atoms with E-state index in [0.717, 1.165) is 9.35 Å². The van der Waals surface area contributed by atoms with Crippen molar-refractivity contribution in [3.63, 3.8) is 0 Å². The monoisotopic (exact) mass is 259 g/mol. The SMILES string of the molecule is CC=CC(=O)NCc1cc(Br)cs1. The first kappa shape index (κ1) is 10.5. The molecule has 0 aliphatic rings. The Bertz CT molecular complexity index is 319. The molecule has 0 saturated heterocycles. The van der Waals surface area contributed by atoms with Crippen molar-refractivity contribution in [2.75, 3.05) is 0 Å². The van der Waals surface area contributed by atoms with Gasteiger partial charge in [-0.25, -0.2) is 0 Å². The third-order valence-electron chi connectivity index (χ3n) is 1.38. The number of hydrogen-bond acceptors (Lipinski definition) is 2. The van der Waals surface area contributed by atoms with E-state index in [1.54, 1.807) is 17.4 Å². The van der Waals surface area contributed by atoms with E-state index in [1.807, 2.05) is 18.4 Å². The van der Waals surface area contributed by atoms with Crippen LogP contribution in [0.25, 0.3) is 0 Å². The third kappa shape index (κ3) is 3.74. The van der Waals surface area contributed by atoms with Crippen LogP contribution in [0.3, 0.4) is 0 Å². The summed E-state index contributed by atoms with van der Waals surface area (Å²) in [5.41, 5.74) is 0. The lowest BCUT2D eigenvalue weighted by Crippen LogP contribution is -2.19. The maximum absolute atomic E-state index is 11.0. The normalized spacial score (nSPS) is 10.6. The number of rotatable bonds is 3. The van der Waals surface area contributed by atoms with Gasteiger partial charge in [0.2, 0.25) is 5.91 Å². The Morgan fingerprint density at radius 3 is 3.08 bits per heavy atom.